The Hall–Kier alpha value is -1.31. The molecule has 0 amide bonds. The first-order valence-corrected chi connectivity index (χ1v) is 7.76. The minimum absolute atomic E-state index is 0.126. The average molecular weight is 294 g/mol. The molecule has 1 saturated heterocycles. The fraction of sp³-hybridized carbons (Fsp3) is 0.615. The highest BCUT2D eigenvalue weighted by molar-refractivity contribution is 7.16. The van der Waals surface area contributed by atoms with Crippen molar-refractivity contribution in [3.05, 3.63) is 27.1 Å². The Morgan fingerprint density at radius 3 is 3.15 bits per heavy atom. The highest BCUT2D eigenvalue weighted by Gasteiger charge is 2.18. The highest BCUT2D eigenvalue weighted by atomic mass is 32.1. The standard InChI is InChI=1S/C13H18N4O2S/c1-2-11-15-17-12(19)6-9(14-13(17)20-11)7-16-5-3-4-10(18)8-16/h6,10,18H,2-5,7-8H2,1H3/t10-/m0/s1. The van der Waals surface area contributed by atoms with Crippen LogP contribution in [0.25, 0.3) is 4.96 Å². The summed E-state index contributed by atoms with van der Waals surface area (Å²) in [6.45, 7) is 4.23. The van der Waals surface area contributed by atoms with E-state index in [1.54, 1.807) is 6.07 Å². The monoisotopic (exact) mass is 294 g/mol. The van der Waals surface area contributed by atoms with Crippen molar-refractivity contribution in [3.63, 3.8) is 0 Å². The minimum atomic E-state index is -0.260. The van der Waals surface area contributed by atoms with E-state index in [0.717, 1.165) is 36.5 Å². The van der Waals surface area contributed by atoms with Crippen molar-refractivity contribution in [3.8, 4) is 0 Å². The van der Waals surface area contributed by atoms with Crippen LogP contribution in [0.2, 0.25) is 0 Å². The van der Waals surface area contributed by atoms with Gasteiger partial charge in [-0.15, -0.1) is 0 Å². The normalized spacial score (nSPS) is 20.6. The van der Waals surface area contributed by atoms with E-state index in [-0.39, 0.29) is 11.7 Å². The Balaban J connectivity index is 1.86. The number of aliphatic hydroxyl groups is 1. The van der Waals surface area contributed by atoms with Crippen LogP contribution in [0.3, 0.4) is 0 Å². The van der Waals surface area contributed by atoms with Crippen molar-refractivity contribution < 1.29 is 5.11 Å². The molecule has 2 aromatic rings. The van der Waals surface area contributed by atoms with Crippen molar-refractivity contribution in [1.82, 2.24) is 19.5 Å². The second-order valence-corrected chi connectivity index (χ2v) is 6.20. The van der Waals surface area contributed by atoms with Gasteiger partial charge in [0.2, 0.25) is 4.96 Å². The number of β-amino-alcohol motifs (C(OH)–C–C–N with tert-alkyl or cyclic N) is 1. The van der Waals surface area contributed by atoms with Gasteiger partial charge in [0.25, 0.3) is 5.56 Å². The van der Waals surface area contributed by atoms with Gasteiger partial charge in [-0.1, -0.05) is 18.3 Å². The van der Waals surface area contributed by atoms with Gasteiger partial charge < -0.3 is 5.11 Å². The number of hydrogen-bond acceptors (Lipinski definition) is 6. The van der Waals surface area contributed by atoms with Crippen molar-refractivity contribution in [2.45, 2.75) is 38.8 Å². The number of likely N-dealkylation sites (tertiary alicyclic amines) is 1. The summed E-state index contributed by atoms with van der Waals surface area (Å²) >= 11 is 1.46. The lowest BCUT2D eigenvalue weighted by Gasteiger charge is -2.29. The van der Waals surface area contributed by atoms with Crippen LogP contribution in [-0.4, -0.2) is 43.8 Å². The lowest BCUT2D eigenvalue weighted by atomic mass is 10.1. The van der Waals surface area contributed by atoms with Gasteiger partial charge in [-0.05, 0) is 25.8 Å². The number of rotatable bonds is 3. The second kappa shape index (κ2) is 5.59. The van der Waals surface area contributed by atoms with Gasteiger partial charge >= 0.3 is 0 Å². The van der Waals surface area contributed by atoms with Gasteiger partial charge in [-0.3, -0.25) is 9.69 Å². The summed E-state index contributed by atoms with van der Waals surface area (Å²) in [5.41, 5.74) is 0.633. The Morgan fingerprint density at radius 2 is 2.40 bits per heavy atom. The number of fused-ring (bicyclic) bond motifs is 1. The molecule has 108 valence electrons. The van der Waals surface area contributed by atoms with Gasteiger partial charge in [0, 0.05) is 19.2 Å². The fourth-order valence-electron chi connectivity index (χ4n) is 2.52. The summed E-state index contributed by atoms with van der Waals surface area (Å²) in [7, 11) is 0. The minimum Gasteiger partial charge on any atom is -0.392 e. The predicted molar refractivity (Wildman–Crippen MR) is 77.0 cm³/mol. The van der Waals surface area contributed by atoms with Crippen molar-refractivity contribution in [1.29, 1.82) is 0 Å². The molecule has 1 fully saturated rings. The van der Waals surface area contributed by atoms with E-state index >= 15 is 0 Å². The summed E-state index contributed by atoms with van der Waals surface area (Å²) in [6.07, 6.45) is 2.40. The predicted octanol–water partition coefficient (Wildman–Crippen LogP) is 0.670. The van der Waals surface area contributed by atoms with Crippen LogP contribution < -0.4 is 5.56 Å². The maximum Gasteiger partial charge on any atom is 0.275 e. The van der Waals surface area contributed by atoms with E-state index in [4.69, 9.17) is 0 Å². The van der Waals surface area contributed by atoms with Crippen LogP contribution in [0.5, 0.6) is 0 Å². The number of piperidine rings is 1. The third-order valence-corrected chi connectivity index (χ3v) is 4.56. The maximum absolute atomic E-state index is 12.0. The third-order valence-electron chi connectivity index (χ3n) is 3.51. The molecule has 1 N–H and O–H groups in total. The third kappa shape index (κ3) is 2.74. The van der Waals surface area contributed by atoms with Crippen LogP contribution in [0.4, 0.5) is 0 Å². The van der Waals surface area contributed by atoms with Crippen LogP contribution in [-0.2, 0) is 13.0 Å². The Morgan fingerprint density at radius 1 is 1.55 bits per heavy atom. The summed E-state index contributed by atoms with van der Waals surface area (Å²) in [4.78, 5) is 19.4. The fourth-order valence-corrected chi connectivity index (χ4v) is 3.38. The zero-order chi connectivity index (χ0) is 14.1. The second-order valence-electron chi connectivity index (χ2n) is 5.16. The zero-order valence-corrected chi connectivity index (χ0v) is 12.3. The van der Waals surface area contributed by atoms with Crippen molar-refractivity contribution >= 4 is 16.3 Å². The van der Waals surface area contributed by atoms with Crippen LogP contribution in [0, 0.1) is 0 Å². The number of aromatic nitrogens is 3. The molecule has 1 aliphatic heterocycles. The van der Waals surface area contributed by atoms with E-state index in [9.17, 15) is 9.90 Å². The van der Waals surface area contributed by atoms with Gasteiger partial charge in [0.1, 0.15) is 5.01 Å². The van der Waals surface area contributed by atoms with Crippen LogP contribution >= 0.6 is 11.3 Å². The average Bonchev–Trinajstić information content (AvgIpc) is 2.82. The topological polar surface area (TPSA) is 70.7 Å². The van der Waals surface area contributed by atoms with Crippen LogP contribution in [0.1, 0.15) is 30.5 Å². The molecule has 2 aromatic heterocycles. The molecule has 0 saturated carbocycles. The van der Waals surface area contributed by atoms with Crippen molar-refractivity contribution in [2.75, 3.05) is 13.1 Å². The molecule has 0 aromatic carbocycles. The van der Waals surface area contributed by atoms with E-state index in [2.05, 4.69) is 15.0 Å². The molecule has 0 bridgehead atoms. The summed E-state index contributed by atoms with van der Waals surface area (Å²) < 4.78 is 1.37. The molecule has 0 unspecified atom stereocenters. The molecule has 0 aliphatic carbocycles. The SMILES string of the molecule is CCc1nn2c(=O)cc(CN3CCC[C@H](O)C3)nc2s1. The maximum atomic E-state index is 12.0. The highest BCUT2D eigenvalue weighted by Crippen LogP contribution is 2.15. The number of nitrogens with zero attached hydrogens (tertiary/aromatic N) is 4. The molecule has 3 rings (SSSR count). The summed E-state index contributed by atoms with van der Waals surface area (Å²) in [5.74, 6) is 0. The molecule has 0 radical (unpaired) electrons. The van der Waals surface area contributed by atoms with E-state index in [1.165, 1.54) is 15.9 Å². The molecular weight excluding hydrogens is 276 g/mol. The van der Waals surface area contributed by atoms with Gasteiger partial charge in [-0.25, -0.2) is 4.98 Å². The first kappa shape index (κ1) is 13.7. The summed E-state index contributed by atoms with van der Waals surface area (Å²) in [6, 6.07) is 1.55. The Kier molecular flexibility index (Phi) is 3.82. The molecule has 3 heterocycles. The lowest BCUT2D eigenvalue weighted by molar-refractivity contribution is 0.0662. The largest absolute Gasteiger partial charge is 0.392 e. The molecule has 0 spiro atoms. The molecule has 20 heavy (non-hydrogen) atoms. The lowest BCUT2D eigenvalue weighted by Crippen LogP contribution is -2.38. The van der Waals surface area contributed by atoms with E-state index in [1.807, 2.05) is 6.92 Å². The molecule has 6 nitrogen and oxygen atoms in total. The first-order chi connectivity index (χ1) is 9.65. The van der Waals surface area contributed by atoms with Gasteiger partial charge in [-0.2, -0.15) is 9.61 Å². The number of hydrogen-bond donors (Lipinski definition) is 1. The van der Waals surface area contributed by atoms with Crippen LogP contribution in [0.15, 0.2) is 10.9 Å². The zero-order valence-electron chi connectivity index (χ0n) is 11.4. The Bertz CT molecular complexity index is 666. The van der Waals surface area contributed by atoms with Gasteiger partial charge in [0.15, 0.2) is 0 Å². The molecule has 7 heteroatoms. The molecule has 1 atom stereocenters. The van der Waals surface area contributed by atoms with E-state index < -0.39 is 0 Å². The Labute approximate surface area is 120 Å². The quantitative estimate of drug-likeness (QED) is 0.901. The van der Waals surface area contributed by atoms with E-state index in [0.29, 0.717) is 18.1 Å². The number of aryl methyl sites for hydroxylation is 1. The number of aliphatic hydroxyl groups excluding tert-OH is 1. The molecular formula is C13H18N4O2S. The molecule has 1 aliphatic rings. The smallest absolute Gasteiger partial charge is 0.275 e. The van der Waals surface area contributed by atoms with Crippen molar-refractivity contribution in [2.24, 2.45) is 0 Å². The summed E-state index contributed by atoms with van der Waals surface area (Å²) in [5, 5.41) is 14.8. The van der Waals surface area contributed by atoms with Gasteiger partial charge in [0.05, 0.1) is 11.8 Å². The first-order valence-electron chi connectivity index (χ1n) is 6.95.